The van der Waals surface area contributed by atoms with E-state index in [4.69, 9.17) is 19.0 Å². The number of rotatable bonds is 8. The van der Waals surface area contributed by atoms with Crippen molar-refractivity contribution in [2.45, 2.75) is 26.3 Å². The smallest absolute Gasteiger partial charge is 0.339 e. The Bertz CT molecular complexity index is 773. The lowest BCUT2D eigenvalue weighted by molar-refractivity contribution is -0.130. The highest BCUT2D eigenvalue weighted by Crippen LogP contribution is 2.23. The number of aryl methyl sites for hydroxylation is 2. The van der Waals surface area contributed by atoms with Gasteiger partial charge in [-0.05, 0) is 37.1 Å². The summed E-state index contributed by atoms with van der Waals surface area (Å²) >= 11 is 0. The van der Waals surface area contributed by atoms with Crippen LogP contribution in [0, 0.1) is 6.92 Å². The molecular weight excluding hydrogens is 338 g/mol. The highest BCUT2D eigenvalue weighted by Gasteiger charge is 2.17. The van der Waals surface area contributed by atoms with Crippen molar-refractivity contribution in [2.24, 2.45) is 0 Å². The Kier molecular flexibility index (Phi) is 6.27. The minimum Gasteiger partial charge on any atom is -0.497 e. The van der Waals surface area contributed by atoms with Crippen LogP contribution < -0.4 is 9.47 Å². The molecule has 1 heterocycles. The Hall–Kier alpha value is -2.96. The molecule has 2 rings (SSSR count). The molecule has 0 fully saturated rings. The van der Waals surface area contributed by atoms with E-state index >= 15 is 0 Å². The van der Waals surface area contributed by atoms with E-state index in [0.717, 1.165) is 5.56 Å². The van der Waals surface area contributed by atoms with E-state index in [1.54, 1.807) is 34.3 Å². The molecule has 7 heteroatoms. The number of aromatic carboxylic acids is 1. The summed E-state index contributed by atoms with van der Waals surface area (Å²) in [5.41, 5.74) is 1.05. The van der Waals surface area contributed by atoms with Gasteiger partial charge in [0.25, 0.3) is 0 Å². The van der Waals surface area contributed by atoms with Gasteiger partial charge < -0.3 is 23.9 Å². The number of methoxy groups -OCH3 is 2. The summed E-state index contributed by atoms with van der Waals surface area (Å²) in [6.45, 7) is 1.80. The molecule has 0 aliphatic rings. The van der Waals surface area contributed by atoms with Crippen LogP contribution in [0.25, 0.3) is 0 Å². The van der Waals surface area contributed by atoms with Crippen LogP contribution in [0.5, 0.6) is 11.5 Å². The zero-order valence-corrected chi connectivity index (χ0v) is 15.4. The number of nitrogens with zero attached hydrogens (tertiary/aromatic N) is 1. The Morgan fingerprint density at radius 1 is 1.12 bits per heavy atom. The number of hydrogen-bond acceptors (Lipinski definition) is 5. The summed E-state index contributed by atoms with van der Waals surface area (Å²) in [5, 5.41) is 9.06. The monoisotopic (exact) mass is 361 g/mol. The number of benzene rings is 1. The number of hydrogen-bond donors (Lipinski definition) is 1. The predicted molar refractivity (Wildman–Crippen MR) is 94.7 cm³/mol. The number of amides is 1. The normalized spacial score (nSPS) is 10.5. The van der Waals surface area contributed by atoms with Gasteiger partial charge in [-0.2, -0.15) is 0 Å². The van der Waals surface area contributed by atoms with Crippen molar-refractivity contribution >= 4 is 11.9 Å². The third-order valence-electron chi connectivity index (χ3n) is 4.06. The van der Waals surface area contributed by atoms with E-state index in [1.807, 2.05) is 12.1 Å². The van der Waals surface area contributed by atoms with Gasteiger partial charge >= 0.3 is 5.97 Å². The summed E-state index contributed by atoms with van der Waals surface area (Å²) in [5.74, 6) is 1.01. The number of carboxylic acid groups (broad SMARTS) is 1. The molecule has 140 valence electrons. The number of furan rings is 1. The van der Waals surface area contributed by atoms with Crippen LogP contribution in [0.2, 0.25) is 0 Å². The average molecular weight is 361 g/mol. The van der Waals surface area contributed by atoms with Gasteiger partial charge in [0.15, 0.2) is 0 Å². The molecule has 26 heavy (non-hydrogen) atoms. The summed E-state index contributed by atoms with van der Waals surface area (Å²) in [6, 6.07) is 6.96. The van der Waals surface area contributed by atoms with E-state index in [9.17, 15) is 9.59 Å². The van der Waals surface area contributed by atoms with Crippen molar-refractivity contribution in [1.82, 2.24) is 4.90 Å². The minimum atomic E-state index is -1.04. The number of ether oxygens (including phenoxy) is 2. The molecule has 0 aliphatic heterocycles. The van der Waals surface area contributed by atoms with Crippen LogP contribution in [0.3, 0.4) is 0 Å². The standard InChI is InChI=1S/C19H23NO6/c1-12-17(19(22)23)10-16(26-12)11-20(2)18(21)6-5-13-7-14(24-3)9-15(8-13)25-4/h7-10H,5-6,11H2,1-4H3,(H,22,23). The maximum Gasteiger partial charge on any atom is 0.339 e. The summed E-state index contributed by atoms with van der Waals surface area (Å²) in [7, 11) is 4.81. The predicted octanol–water partition coefficient (Wildman–Crippen LogP) is 2.89. The lowest BCUT2D eigenvalue weighted by Crippen LogP contribution is -2.26. The summed E-state index contributed by atoms with van der Waals surface area (Å²) in [6.07, 6.45) is 0.840. The zero-order valence-electron chi connectivity index (χ0n) is 15.4. The van der Waals surface area contributed by atoms with Crippen molar-refractivity contribution < 1.29 is 28.6 Å². The molecule has 0 atom stereocenters. The molecule has 0 unspecified atom stereocenters. The number of carbonyl (C=O) groups excluding carboxylic acids is 1. The maximum absolute atomic E-state index is 12.4. The molecule has 2 aromatic rings. The molecule has 0 saturated carbocycles. The molecule has 0 aliphatic carbocycles. The highest BCUT2D eigenvalue weighted by atomic mass is 16.5. The van der Waals surface area contributed by atoms with Gasteiger partial charge in [-0.25, -0.2) is 4.79 Å². The molecule has 0 spiro atoms. The third kappa shape index (κ3) is 4.78. The van der Waals surface area contributed by atoms with Crippen LogP contribution in [0.4, 0.5) is 0 Å². The molecular formula is C19H23NO6. The number of carbonyl (C=O) groups is 2. The summed E-state index contributed by atoms with van der Waals surface area (Å²) in [4.78, 5) is 24.9. The fourth-order valence-electron chi connectivity index (χ4n) is 2.61. The van der Waals surface area contributed by atoms with Gasteiger partial charge in [0, 0.05) is 19.5 Å². The van der Waals surface area contributed by atoms with Crippen LogP contribution >= 0.6 is 0 Å². The molecule has 1 aromatic carbocycles. The Morgan fingerprint density at radius 2 is 1.73 bits per heavy atom. The van der Waals surface area contributed by atoms with Gasteiger partial charge in [0.2, 0.25) is 5.91 Å². The first-order chi connectivity index (χ1) is 12.3. The van der Waals surface area contributed by atoms with Crippen molar-refractivity contribution in [3.05, 3.63) is 46.9 Å². The molecule has 1 amide bonds. The fraction of sp³-hybridized carbons (Fsp3) is 0.368. The van der Waals surface area contributed by atoms with Gasteiger partial charge in [-0.15, -0.1) is 0 Å². The SMILES string of the molecule is COc1cc(CCC(=O)N(C)Cc2cc(C(=O)O)c(C)o2)cc(OC)c1. The first-order valence-corrected chi connectivity index (χ1v) is 8.12. The lowest BCUT2D eigenvalue weighted by atomic mass is 10.1. The molecule has 0 saturated heterocycles. The highest BCUT2D eigenvalue weighted by molar-refractivity contribution is 5.88. The van der Waals surface area contributed by atoms with E-state index < -0.39 is 5.97 Å². The molecule has 1 N–H and O–H groups in total. The molecule has 7 nitrogen and oxygen atoms in total. The topological polar surface area (TPSA) is 89.2 Å². The first-order valence-electron chi connectivity index (χ1n) is 8.12. The van der Waals surface area contributed by atoms with Gasteiger partial charge in [0.1, 0.15) is 28.6 Å². The zero-order chi connectivity index (χ0) is 19.3. The maximum atomic E-state index is 12.4. The summed E-state index contributed by atoms with van der Waals surface area (Å²) < 4.78 is 15.9. The van der Waals surface area contributed by atoms with Crippen molar-refractivity contribution in [1.29, 1.82) is 0 Å². The second-order valence-corrected chi connectivity index (χ2v) is 5.96. The van der Waals surface area contributed by atoms with Crippen molar-refractivity contribution in [3.8, 4) is 11.5 Å². The van der Waals surface area contributed by atoms with Crippen LogP contribution in [0.15, 0.2) is 28.7 Å². The quantitative estimate of drug-likeness (QED) is 0.778. The fourth-order valence-corrected chi connectivity index (χ4v) is 2.61. The van der Waals surface area contributed by atoms with E-state index in [2.05, 4.69) is 0 Å². The van der Waals surface area contributed by atoms with Gasteiger partial charge in [0.05, 0.1) is 20.8 Å². The van der Waals surface area contributed by atoms with Crippen LogP contribution in [-0.2, 0) is 17.8 Å². The Morgan fingerprint density at radius 3 is 2.23 bits per heavy atom. The molecule has 0 radical (unpaired) electrons. The van der Waals surface area contributed by atoms with Gasteiger partial charge in [-0.1, -0.05) is 0 Å². The van der Waals surface area contributed by atoms with Crippen LogP contribution in [0.1, 0.15) is 33.9 Å². The first kappa shape index (κ1) is 19.4. The third-order valence-corrected chi connectivity index (χ3v) is 4.06. The lowest BCUT2D eigenvalue weighted by Gasteiger charge is -2.16. The van der Waals surface area contributed by atoms with Crippen molar-refractivity contribution in [2.75, 3.05) is 21.3 Å². The Labute approximate surface area is 152 Å². The van der Waals surface area contributed by atoms with E-state index in [1.165, 1.54) is 11.0 Å². The van der Waals surface area contributed by atoms with E-state index in [0.29, 0.717) is 35.9 Å². The van der Waals surface area contributed by atoms with Crippen molar-refractivity contribution in [3.63, 3.8) is 0 Å². The average Bonchev–Trinajstić information content (AvgIpc) is 2.99. The molecule has 0 bridgehead atoms. The second-order valence-electron chi connectivity index (χ2n) is 5.96. The largest absolute Gasteiger partial charge is 0.497 e. The number of carboxylic acids is 1. The Balaban J connectivity index is 1.97. The van der Waals surface area contributed by atoms with Gasteiger partial charge in [-0.3, -0.25) is 4.79 Å². The minimum absolute atomic E-state index is 0.0716. The van der Waals surface area contributed by atoms with E-state index in [-0.39, 0.29) is 18.0 Å². The van der Waals surface area contributed by atoms with Crippen LogP contribution in [-0.4, -0.2) is 43.2 Å². The second kappa shape index (κ2) is 8.42. The molecule has 1 aromatic heterocycles.